The average Bonchev–Trinajstić information content (AvgIpc) is 2.82. The first kappa shape index (κ1) is 24.9. The van der Waals surface area contributed by atoms with Crippen LogP contribution in [-0.2, 0) is 19.7 Å². The van der Waals surface area contributed by atoms with Gasteiger partial charge < -0.3 is 9.47 Å². The van der Waals surface area contributed by atoms with Crippen LogP contribution >= 0.6 is 0 Å². The minimum atomic E-state index is -1.38. The Bertz CT molecular complexity index is 1140. The molecule has 0 aliphatic carbocycles. The summed E-state index contributed by atoms with van der Waals surface area (Å²) in [5.74, 6) is -2.12. The van der Waals surface area contributed by atoms with Gasteiger partial charge in [0.15, 0.2) is 0 Å². The van der Waals surface area contributed by atoms with Gasteiger partial charge in [-0.1, -0.05) is 89.2 Å². The lowest BCUT2D eigenvalue weighted by Gasteiger charge is -2.19. The Morgan fingerprint density at radius 3 is 1.74 bits per heavy atom. The van der Waals surface area contributed by atoms with Crippen molar-refractivity contribution < 1.29 is 23.9 Å². The quantitative estimate of drug-likeness (QED) is 0.316. The summed E-state index contributed by atoms with van der Waals surface area (Å²) in [5.41, 5.74) is 3.02. The standard InChI is InChI=1S/C29H30O5/c1-19(2)20-11-13-22(14-12-20)26(30)33-25(21-9-7-6-8-10-21)28(32)34-27(31)23-15-17-24(18-16-23)29(3,4)5/h6-19,25H,1-5H3. The molecule has 1 atom stereocenters. The zero-order chi connectivity index (χ0) is 24.9. The van der Waals surface area contributed by atoms with E-state index in [1.165, 1.54) is 0 Å². The van der Waals surface area contributed by atoms with E-state index < -0.39 is 24.0 Å². The maximum absolute atomic E-state index is 12.9. The summed E-state index contributed by atoms with van der Waals surface area (Å²) in [6.07, 6.45) is -1.38. The Morgan fingerprint density at radius 2 is 1.21 bits per heavy atom. The third-order valence-corrected chi connectivity index (χ3v) is 5.53. The van der Waals surface area contributed by atoms with Gasteiger partial charge in [0.2, 0.25) is 6.10 Å². The normalized spacial score (nSPS) is 12.2. The van der Waals surface area contributed by atoms with Crippen molar-refractivity contribution in [2.24, 2.45) is 0 Å². The maximum Gasteiger partial charge on any atom is 0.360 e. The van der Waals surface area contributed by atoms with E-state index in [2.05, 4.69) is 34.6 Å². The van der Waals surface area contributed by atoms with Gasteiger partial charge in [0.05, 0.1) is 11.1 Å². The van der Waals surface area contributed by atoms with Gasteiger partial charge in [0, 0.05) is 5.56 Å². The molecule has 34 heavy (non-hydrogen) atoms. The van der Waals surface area contributed by atoms with Crippen molar-refractivity contribution in [1.29, 1.82) is 0 Å². The minimum absolute atomic E-state index is 0.0712. The largest absolute Gasteiger partial charge is 0.442 e. The molecule has 176 valence electrons. The summed E-state index contributed by atoms with van der Waals surface area (Å²) < 4.78 is 10.6. The highest BCUT2D eigenvalue weighted by molar-refractivity contribution is 5.99. The molecule has 0 heterocycles. The second kappa shape index (κ2) is 10.5. The molecule has 0 fully saturated rings. The molecule has 0 amide bonds. The van der Waals surface area contributed by atoms with E-state index in [1.54, 1.807) is 54.6 Å². The Hall–Kier alpha value is -3.73. The van der Waals surface area contributed by atoms with Gasteiger partial charge in [-0.3, -0.25) is 0 Å². The molecule has 5 nitrogen and oxygen atoms in total. The number of ether oxygens (including phenoxy) is 2. The van der Waals surface area contributed by atoms with Gasteiger partial charge in [-0.2, -0.15) is 0 Å². The van der Waals surface area contributed by atoms with Crippen molar-refractivity contribution in [3.8, 4) is 0 Å². The number of esters is 3. The van der Waals surface area contributed by atoms with Crippen molar-refractivity contribution in [1.82, 2.24) is 0 Å². The van der Waals surface area contributed by atoms with E-state index in [9.17, 15) is 14.4 Å². The fourth-order valence-electron chi connectivity index (χ4n) is 3.37. The van der Waals surface area contributed by atoms with E-state index in [-0.39, 0.29) is 11.0 Å². The molecule has 3 aromatic rings. The highest BCUT2D eigenvalue weighted by Gasteiger charge is 2.29. The summed E-state index contributed by atoms with van der Waals surface area (Å²) in [7, 11) is 0. The van der Waals surface area contributed by atoms with Crippen LogP contribution in [-0.4, -0.2) is 17.9 Å². The Kier molecular flexibility index (Phi) is 7.67. The van der Waals surface area contributed by atoms with Crippen LogP contribution in [0.1, 0.15) is 84.0 Å². The van der Waals surface area contributed by atoms with Gasteiger partial charge in [-0.05, 0) is 46.7 Å². The zero-order valence-electron chi connectivity index (χ0n) is 20.2. The second-order valence-electron chi connectivity index (χ2n) is 9.51. The van der Waals surface area contributed by atoms with Gasteiger partial charge >= 0.3 is 17.9 Å². The van der Waals surface area contributed by atoms with E-state index in [1.807, 2.05) is 24.3 Å². The summed E-state index contributed by atoms with van der Waals surface area (Å²) in [6.45, 7) is 10.3. The van der Waals surface area contributed by atoms with Gasteiger partial charge in [-0.15, -0.1) is 0 Å². The van der Waals surface area contributed by atoms with Crippen LogP contribution in [0.5, 0.6) is 0 Å². The third kappa shape index (κ3) is 6.19. The summed E-state index contributed by atoms with van der Waals surface area (Å²) in [6, 6.07) is 22.4. The Balaban J connectivity index is 1.78. The molecule has 3 aromatic carbocycles. The van der Waals surface area contributed by atoms with Crippen LogP contribution in [0.15, 0.2) is 78.9 Å². The van der Waals surface area contributed by atoms with Crippen LogP contribution in [0.3, 0.4) is 0 Å². The van der Waals surface area contributed by atoms with Crippen LogP contribution in [0, 0.1) is 0 Å². The fourth-order valence-corrected chi connectivity index (χ4v) is 3.37. The number of benzene rings is 3. The maximum atomic E-state index is 12.9. The van der Waals surface area contributed by atoms with E-state index >= 15 is 0 Å². The smallest absolute Gasteiger partial charge is 0.360 e. The van der Waals surface area contributed by atoms with E-state index in [0.717, 1.165) is 11.1 Å². The number of hydrogen-bond acceptors (Lipinski definition) is 5. The number of rotatable bonds is 6. The van der Waals surface area contributed by atoms with Gasteiger partial charge in [0.25, 0.3) is 0 Å². The van der Waals surface area contributed by atoms with Crippen molar-refractivity contribution in [2.75, 3.05) is 0 Å². The topological polar surface area (TPSA) is 69.7 Å². The third-order valence-electron chi connectivity index (χ3n) is 5.53. The summed E-state index contributed by atoms with van der Waals surface area (Å²) >= 11 is 0. The SMILES string of the molecule is CC(C)c1ccc(C(=O)OC(C(=O)OC(=O)c2ccc(C(C)(C)C)cc2)c2ccccc2)cc1. The molecule has 0 bridgehead atoms. The molecule has 0 spiro atoms. The van der Waals surface area contributed by atoms with Crippen LogP contribution in [0.25, 0.3) is 0 Å². The summed E-state index contributed by atoms with van der Waals surface area (Å²) in [4.78, 5) is 38.4. The number of carbonyl (C=O) groups excluding carboxylic acids is 3. The first-order valence-corrected chi connectivity index (χ1v) is 11.3. The highest BCUT2D eigenvalue weighted by Crippen LogP contribution is 2.24. The predicted molar refractivity (Wildman–Crippen MR) is 131 cm³/mol. The van der Waals surface area contributed by atoms with Crippen molar-refractivity contribution in [3.63, 3.8) is 0 Å². The molecule has 0 aliphatic rings. The summed E-state index contributed by atoms with van der Waals surface area (Å²) in [5, 5.41) is 0. The van der Waals surface area contributed by atoms with Crippen molar-refractivity contribution in [3.05, 3.63) is 107 Å². The lowest BCUT2D eigenvalue weighted by molar-refractivity contribution is -0.148. The molecule has 0 N–H and O–H groups in total. The molecule has 5 heteroatoms. The first-order chi connectivity index (χ1) is 16.1. The second-order valence-corrected chi connectivity index (χ2v) is 9.51. The molecule has 3 rings (SSSR count). The molecular weight excluding hydrogens is 428 g/mol. The molecule has 0 radical (unpaired) electrons. The molecule has 0 aromatic heterocycles. The Labute approximate surface area is 200 Å². The molecule has 0 saturated heterocycles. The monoisotopic (exact) mass is 458 g/mol. The van der Waals surface area contributed by atoms with Crippen molar-refractivity contribution >= 4 is 17.9 Å². The van der Waals surface area contributed by atoms with Gasteiger partial charge in [-0.25, -0.2) is 14.4 Å². The zero-order valence-corrected chi connectivity index (χ0v) is 20.2. The molecule has 0 saturated carbocycles. The van der Waals surface area contributed by atoms with Crippen LogP contribution in [0.4, 0.5) is 0 Å². The minimum Gasteiger partial charge on any atom is -0.442 e. The number of carbonyl (C=O) groups is 3. The average molecular weight is 459 g/mol. The lowest BCUT2D eigenvalue weighted by Crippen LogP contribution is -2.24. The van der Waals surface area contributed by atoms with Crippen LogP contribution < -0.4 is 0 Å². The first-order valence-electron chi connectivity index (χ1n) is 11.3. The van der Waals surface area contributed by atoms with E-state index in [4.69, 9.17) is 9.47 Å². The molecular formula is C29H30O5. The predicted octanol–water partition coefficient (Wildman–Crippen LogP) is 6.39. The highest BCUT2D eigenvalue weighted by atomic mass is 16.6. The van der Waals surface area contributed by atoms with Crippen molar-refractivity contribution in [2.45, 2.75) is 52.1 Å². The lowest BCUT2D eigenvalue weighted by atomic mass is 9.87. The van der Waals surface area contributed by atoms with Gasteiger partial charge in [0.1, 0.15) is 0 Å². The Morgan fingerprint density at radius 1 is 0.676 bits per heavy atom. The van der Waals surface area contributed by atoms with E-state index in [0.29, 0.717) is 17.0 Å². The molecule has 1 unspecified atom stereocenters. The van der Waals surface area contributed by atoms with Crippen LogP contribution in [0.2, 0.25) is 0 Å². The molecule has 0 aliphatic heterocycles. The fraction of sp³-hybridized carbons (Fsp3) is 0.276. The number of hydrogen-bond donors (Lipinski definition) is 0.